The maximum absolute atomic E-state index is 11.1. The molecule has 0 saturated heterocycles. The number of ether oxygens (including phenoxy) is 2. The molecular weight excluding hydrogens is 292 g/mol. The van der Waals surface area contributed by atoms with Gasteiger partial charge in [0.15, 0.2) is 0 Å². The van der Waals surface area contributed by atoms with Crippen LogP contribution in [0.4, 0.5) is 0 Å². The lowest BCUT2D eigenvalue weighted by Gasteiger charge is -2.10. The molecule has 23 heavy (non-hydrogen) atoms. The predicted octanol–water partition coefficient (Wildman–Crippen LogP) is 3.16. The van der Waals surface area contributed by atoms with Crippen LogP contribution in [-0.4, -0.2) is 17.3 Å². The van der Waals surface area contributed by atoms with Crippen molar-refractivity contribution in [2.24, 2.45) is 0 Å². The lowest BCUT2D eigenvalue weighted by atomic mass is 10.1. The Morgan fingerprint density at radius 2 is 1.74 bits per heavy atom. The third-order valence-electron chi connectivity index (χ3n) is 3.28. The number of hydrogen-bond donors (Lipinski definition) is 1. The zero-order valence-electron chi connectivity index (χ0n) is 12.7. The molecule has 0 fully saturated rings. The van der Waals surface area contributed by atoms with Crippen LogP contribution in [0.2, 0.25) is 0 Å². The highest BCUT2D eigenvalue weighted by molar-refractivity contribution is 5.42. The molecule has 116 valence electrons. The first-order valence-electron chi connectivity index (χ1n) is 7.18. The van der Waals surface area contributed by atoms with Crippen LogP contribution in [0.25, 0.3) is 0 Å². The molecule has 0 aliphatic carbocycles. The Hall–Kier alpha value is -3.08. The fraction of sp³-hybridized carbons (Fsp3) is 0.111. The zero-order valence-corrected chi connectivity index (χ0v) is 12.7. The van der Waals surface area contributed by atoms with Gasteiger partial charge in [0.2, 0.25) is 0 Å². The number of hydrogen-bond acceptors (Lipinski definition) is 4. The van der Waals surface area contributed by atoms with Crippen LogP contribution >= 0.6 is 0 Å². The summed E-state index contributed by atoms with van der Waals surface area (Å²) in [6.07, 6.45) is 0.569. The minimum Gasteiger partial charge on any atom is -0.497 e. The van der Waals surface area contributed by atoms with Crippen LogP contribution in [0.3, 0.4) is 0 Å². The number of aromatic amines is 1. The van der Waals surface area contributed by atoms with Crippen LogP contribution < -0.4 is 15.0 Å². The summed E-state index contributed by atoms with van der Waals surface area (Å²) in [5.41, 5.74) is 1.53. The number of nitrogens with one attached hydrogen (secondary N) is 1. The zero-order chi connectivity index (χ0) is 16.1. The Bertz CT molecular complexity index is 824. The van der Waals surface area contributed by atoms with E-state index in [9.17, 15) is 4.79 Å². The summed E-state index contributed by atoms with van der Waals surface area (Å²) in [5, 5.41) is 6.46. The number of benzene rings is 2. The summed E-state index contributed by atoms with van der Waals surface area (Å²) in [4.78, 5) is 11.1. The predicted molar refractivity (Wildman–Crippen MR) is 87.2 cm³/mol. The Labute approximate surface area is 133 Å². The number of methoxy groups -OCH3 is 1. The van der Waals surface area contributed by atoms with Crippen LogP contribution in [0, 0.1) is 0 Å². The monoisotopic (exact) mass is 308 g/mol. The molecule has 0 saturated carbocycles. The fourth-order valence-electron chi connectivity index (χ4n) is 2.22. The molecular formula is C18H16N2O3. The molecule has 0 bridgehead atoms. The number of rotatable bonds is 5. The van der Waals surface area contributed by atoms with E-state index in [0.717, 1.165) is 17.0 Å². The van der Waals surface area contributed by atoms with E-state index in [4.69, 9.17) is 9.47 Å². The van der Waals surface area contributed by atoms with Gasteiger partial charge in [0, 0.05) is 18.6 Å². The molecule has 1 aromatic heterocycles. The average Bonchev–Trinajstić information content (AvgIpc) is 2.57. The molecule has 1 N–H and O–H groups in total. The largest absolute Gasteiger partial charge is 0.497 e. The average molecular weight is 308 g/mol. The van der Waals surface area contributed by atoms with Crippen molar-refractivity contribution in [3.8, 4) is 17.2 Å². The fourth-order valence-corrected chi connectivity index (χ4v) is 2.22. The van der Waals surface area contributed by atoms with Gasteiger partial charge in [-0.05, 0) is 35.9 Å². The van der Waals surface area contributed by atoms with Crippen molar-refractivity contribution in [2.75, 3.05) is 7.11 Å². The highest BCUT2D eigenvalue weighted by Crippen LogP contribution is 2.28. The van der Waals surface area contributed by atoms with Crippen molar-refractivity contribution in [3.05, 3.63) is 82.3 Å². The highest BCUT2D eigenvalue weighted by atomic mass is 16.5. The lowest BCUT2D eigenvalue weighted by Crippen LogP contribution is -2.07. The molecule has 0 unspecified atom stereocenters. The van der Waals surface area contributed by atoms with Gasteiger partial charge in [0.1, 0.15) is 17.2 Å². The second-order valence-corrected chi connectivity index (χ2v) is 5.02. The van der Waals surface area contributed by atoms with Crippen LogP contribution in [0.15, 0.2) is 65.5 Å². The molecule has 0 aliphatic heterocycles. The van der Waals surface area contributed by atoms with E-state index in [-0.39, 0.29) is 5.56 Å². The first-order valence-corrected chi connectivity index (χ1v) is 7.18. The van der Waals surface area contributed by atoms with Gasteiger partial charge in [-0.1, -0.05) is 18.2 Å². The summed E-state index contributed by atoms with van der Waals surface area (Å²) in [5.74, 6) is 2.15. The molecule has 3 aromatic rings. The Morgan fingerprint density at radius 1 is 0.957 bits per heavy atom. The second-order valence-electron chi connectivity index (χ2n) is 5.02. The van der Waals surface area contributed by atoms with Crippen molar-refractivity contribution >= 4 is 0 Å². The second kappa shape index (κ2) is 6.79. The lowest BCUT2D eigenvalue weighted by molar-refractivity contribution is 0.408. The molecule has 5 heteroatoms. The van der Waals surface area contributed by atoms with Gasteiger partial charge in [-0.25, -0.2) is 5.10 Å². The first-order chi connectivity index (χ1) is 11.2. The molecule has 5 nitrogen and oxygen atoms in total. The quantitative estimate of drug-likeness (QED) is 0.786. The molecule has 0 aliphatic rings. The third kappa shape index (κ3) is 3.97. The molecule has 0 atom stereocenters. The Morgan fingerprint density at radius 3 is 2.43 bits per heavy atom. The minimum absolute atomic E-state index is 0.215. The minimum atomic E-state index is -0.215. The first kappa shape index (κ1) is 14.8. The van der Waals surface area contributed by atoms with Gasteiger partial charge in [-0.15, -0.1) is 0 Å². The van der Waals surface area contributed by atoms with Gasteiger partial charge in [0.25, 0.3) is 5.56 Å². The topological polar surface area (TPSA) is 64.2 Å². The van der Waals surface area contributed by atoms with Gasteiger partial charge in [-0.2, -0.15) is 5.10 Å². The number of H-pyrrole nitrogens is 1. The summed E-state index contributed by atoms with van der Waals surface area (Å²) in [7, 11) is 1.61. The summed E-state index contributed by atoms with van der Waals surface area (Å²) in [6.45, 7) is 0. The van der Waals surface area contributed by atoms with E-state index in [1.807, 2.05) is 48.5 Å². The molecule has 0 amide bonds. The van der Waals surface area contributed by atoms with Crippen molar-refractivity contribution in [2.45, 2.75) is 6.42 Å². The van der Waals surface area contributed by atoms with E-state index in [1.165, 1.54) is 6.07 Å². The van der Waals surface area contributed by atoms with Crippen molar-refractivity contribution < 1.29 is 9.47 Å². The SMILES string of the molecule is COc1cc(Cc2ccc(=O)[nH]n2)cc(Oc2ccccc2)c1. The molecule has 0 spiro atoms. The van der Waals surface area contributed by atoms with E-state index in [0.29, 0.717) is 17.9 Å². The van der Waals surface area contributed by atoms with Crippen LogP contribution in [-0.2, 0) is 6.42 Å². The summed E-state index contributed by atoms with van der Waals surface area (Å²) < 4.78 is 11.2. The van der Waals surface area contributed by atoms with Gasteiger partial charge in [0.05, 0.1) is 12.8 Å². The number of para-hydroxylation sites is 1. The molecule has 3 rings (SSSR count). The normalized spacial score (nSPS) is 10.3. The smallest absolute Gasteiger partial charge is 0.264 e. The van der Waals surface area contributed by atoms with Crippen LogP contribution in [0.1, 0.15) is 11.3 Å². The summed E-state index contributed by atoms with van der Waals surface area (Å²) >= 11 is 0. The number of nitrogens with zero attached hydrogens (tertiary/aromatic N) is 1. The van der Waals surface area contributed by atoms with E-state index < -0.39 is 0 Å². The molecule has 1 heterocycles. The van der Waals surface area contributed by atoms with Crippen LogP contribution in [0.5, 0.6) is 17.2 Å². The van der Waals surface area contributed by atoms with Crippen molar-refractivity contribution in [1.82, 2.24) is 10.2 Å². The van der Waals surface area contributed by atoms with Gasteiger partial charge in [-0.3, -0.25) is 4.79 Å². The Balaban J connectivity index is 1.86. The summed E-state index contributed by atoms with van der Waals surface area (Å²) in [6, 6.07) is 18.4. The Kier molecular flexibility index (Phi) is 4.38. The highest BCUT2D eigenvalue weighted by Gasteiger charge is 2.06. The number of aromatic nitrogens is 2. The maximum atomic E-state index is 11.1. The van der Waals surface area contributed by atoms with E-state index >= 15 is 0 Å². The van der Waals surface area contributed by atoms with E-state index in [1.54, 1.807) is 13.2 Å². The van der Waals surface area contributed by atoms with Gasteiger partial charge < -0.3 is 9.47 Å². The third-order valence-corrected chi connectivity index (χ3v) is 3.28. The van der Waals surface area contributed by atoms with Crippen molar-refractivity contribution in [3.63, 3.8) is 0 Å². The standard InChI is InChI=1S/C18H16N2O3/c1-22-16-10-13(9-14-7-8-18(21)20-19-14)11-17(12-16)23-15-5-3-2-4-6-15/h2-8,10-12H,9H2,1H3,(H,20,21). The van der Waals surface area contributed by atoms with Gasteiger partial charge >= 0.3 is 0 Å². The molecule has 0 radical (unpaired) electrons. The molecule has 2 aromatic carbocycles. The van der Waals surface area contributed by atoms with Crippen molar-refractivity contribution in [1.29, 1.82) is 0 Å². The maximum Gasteiger partial charge on any atom is 0.264 e. The van der Waals surface area contributed by atoms with E-state index in [2.05, 4.69) is 10.2 Å².